The van der Waals surface area contributed by atoms with E-state index in [9.17, 15) is 32.9 Å². The fraction of sp³-hybridized carbons (Fsp3) is 0.419. The number of allylic oxidation sites excluding steroid dienone is 4. The SMILES string of the molecule is COc1cc(C2C3=C(CC(C)(C)CC3=O)NC3=C2C(=O)CC(C)(C)C3)ccc1Oc1ccc(C(F)(F)F)cc1[N+](=O)[O-]. The molecule has 11 heteroatoms. The van der Waals surface area contributed by atoms with E-state index >= 15 is 0 Å². The molecule has 0 bridgehead atoms. The van der Waals surface area contributed by atoms with Gasteiger partial charge in [0.1, 0.15) is 0 Å². The molecule has 0 spiro atoms. The van der Waals surface area contributed by atoms with E-state index in [1.165, 1.54) is 13.2 Å². The van der Waals surface area contributed by atoms with Gasteiger partial charge in [-0.25, -0.2) is 0 Å². The van der Waals surface area contributed by atoms with Crippen molar-refractivity contribution in [3.63, 3.8) is 0 Å². The lowest BCUT2D eigenvalue weighted by Crippen LogP contribution is -2.42. The topological polar surface area (TPSA) is 108 Å². The maximum absolute atomic E-state index is 13.6. The molecule has 222 valence electrons. The summed E-state index contributed by atoms with van der Waals surface area (Å²) in [4.78, 5) is 37.8. The van der Waals surface area contributed by atoms with Crippen LogP contribution in [0.5, 0.6) is 17.2 Å². The molecule has 0 radical (unpaired) electrons. The number of halogens is 3. The minimum Gasteiger partial charge on any atom is -0.493 e. The van der Waals surface area contributed by atoms with Crippen molar-refractivity contribution in [3.8, 4) is 17.2 Å². The van der Waals surface area contributed by atoms with E-state index in [0.29, 0.717) is 54.5 Å². The first-order chi connectivity index (χ1) is 19.5. The van der Waals surface area contributed by atoms with E-state index in [1.54, 1.807) is 12.1 Å². The Morgan fingerprint density at radius 3 is 1.90 bits per heavy atom. The van der Waals surface area contributed by atoms with Crippen LogP contribution in [0.3, 0.4) is 0 Å². The lowest BCUT2D eigenvalue weighted by atomic mass is 9.64. The van der Waals surface area contributed by atoms with E-state index in [2.05, 4.69) is 5.32 Å². The Labute approximate surface area is 240 Å². The smallest absolute Gasteiger partial charge is 0.416 e. The molecule has 1 heterocycles. The second kappa shape index (κ2) is 9.99. The number of nitro groups is 1. The number of methoxy groups -OCH3 is 1. The largest absolute Gasteiger partial charge is 0.493 e. The van der Waals surface area contributed by atoms with E-state index in [-0.39, 0.29) is 33.9 Å². The van der Waals surface area contributed by atoms with Gasteiger partial charge in [0, 0.05) is 47.4 Å². The third-order valence-corrected chi connectivity index (χ3v) is 7.94. The molecule has 3 aliphatic rings. The molecule has 1 aliphatic heterocycles. The summed E-state index contributed by atoms with van der Waals surface area (Å²) in [5, 5.41) is 15.0. The molecule has 0 unspecified atom stereocenters. The molecule has 0 saturated carbocycles. The molecule has 2 aromatic rings. The van der Waals surface area contributed by atoms with E-state index in [1.807, 2.05) is 27.7 Å². The monoisotopic (exact) mass is 584 g/mol. The molecule has 2 aliphatic carbocycles. The van der Waals surface area contributed by atoms with Gasteiger partial charge in [-0.2, -0.15) is 13.2 Å². The van der Waals surface area contributed by atoms with Gasteiger partial charge >= 0.3 is 11.9 Å². The predicted molar refractivity (Wildman–Crippen MR) is 147 cm³/mol. The van der Waals surface area contributed by atoms with Crippen molar-refractivity contribution >= 4 is 17.3 Å². The highest BCUT2D eigenvalue weighted by Gasteiger charge is 2.46. The highest BCUT2D eigenvalue weighted by Crippen LogP contribution is 2.52. The van der Waals surface area contributed by atoms with Crippen LogP contribution in [-0.4, -0.2) is 23.6 Å². The van der Waals surface area contributed by atoms with Crippen LogP contribution < -0.4 is 14.8 Å². The van der Waals surface area contributed by atoms with Gasteiger partial charge < -0.3 is 14.8 Å². The van der Waals surface area contributed by atoms with Crippen LogP contribution in [0.2, 0.25) is 0 Å². The minimum atomic E-state index is -4.77. The summed E-state index contributed by atoms with van der Waals surface area (Å²) in [6.45, 7) is 8.11. The molecule has 8 nitrogen and oxygen atoms in total. The van der Waals surface area contributed by atoms with Gasteiger partial charge in [0.05, 0.1) is 17.6 Å². The summed E-state index contributed by atoms with van der Waals surface area (Å²) in [5.41, 5.74) is 0.717. The lowest BCUT2D eigenvalue weighted by Gasteiger charge is -2.44. The highest BCUT2D eigenvalue weighted by atomic mass is 19.4. The summed E-state index contributed by atoms with van der Waals surface area (Å²) in [6, 6.07) is 6.74. The van der Waals surface area contributed by atoms with Crippen LogP contribution in [0.25, 0.3) is 0 Å². The van der Waals surface area contributed by atoms with Crippen molar-refractivity contribution in [3.05, 3.63) is 80.2 Å². The third-order valence-electron chi connectivity index (χ3n) is 7.94. The number of Topliss-reactive ketones (excluding diaryl/α,β-unsaturated/α-hetero) is 2. The average Bonchev–Trinajstić information content (AvgIpc) is 2.85. The molecule has 5 rings (SSSR count). The van der Waals surface area contributed by atoms with Crippen LogP contribution in [0.1, 0.15) is 70.4 Å². The van der Waals surface area contributed by atoms with Crippen LogP contribution in [0, 0.1) is 20.9 Å². The van der Waals surface area contributed by atoms with E-state index < -0.39 is 34.0 Å². The molecular formula is C31H31F3N2O6. The summed E-state index contributed by atoms with van der Waals surface area (Å²) in [5.74, 6) is -0.993. The number of benzene rings is 2. The number of nitro benzene ring substituents is 1. The zero-order valence-electron chi connectivity index (χ0n) is 23.9. The summed E-state index contributed by atoms with van der Waals surface area (Å²) in [7, 11) is 1.35. The van der Waals surface area contributed by atoms with Crippen LogP contribution in [0.4, 0.5) is 18.9 Å². The lowest BCUT2D eigenvalue weighted by molar-refractivity contribution is -0.385. The number of rotatable bonds is 5. The van der Waals surface area contributed by atoms with Crippen LogP contribution in [-0.2, 0) is 15.8 Å². The number of carbonyl (C=O) groups is 2. The second-order valence-corrected chi connectivity index (χ2v) is 12.7. The highest BCUT2D eigenvalue weighted by molar-refractivity contribution is 6.06. The number of carbonyl (C=O) groups excluding carboxylic acids is 2. The van der Waals surface area contributed by atoms with Crippen molar-refractivity contribution < 1.29 is 37.2 Å². The minimum absolute atomic E-state index is 0.0219. The number of nitrogens with zero attached hydrogens (tertiary/aromatic N) is 1. The molecule has 0 aromatic heterocycles. The maximum Gasteiger partial charge on any atom is 0.416 e. The van der Waals surface area contributed by atoms with Crippen molar-refractivity contribution in [2.24, 2.45) is 10.8 Å². The van der Waals surface area contributed by atoms with Gasteiger partial charge in [-0.15, -0.1) is 0 Å². The van der Waals surface area contributed by atoms with Crippen LogP contribution in [0.15, 0.2) is 58.9 Å². The Balaban J connectivity index is 1.60. The molecule has 0 saturated heterocycles. The molecule has 0 amide bonds. The Morgan fingerprint density at radius 1 is 0.857 bits per heavy atom. The van der Waals surface area contributed by atoms with E-state index in [4.69, 9.17) is 9.47 Å². The van der Waals surface area contributed by atoms with Gasteiger partial charge in [0.15, 0.2) is 23.1 Å². The third kappa shape index (κ3) is 5.39. The quantitative estimate of drug-likeness (QED) is 0.288. The van der Waals surface area contributed by atoms with E-state index in [0.717, 1.165) is 17.5 Å². The molecule has 0 fully saturated rings. The van der Waals surface area contributed by atoms with Crippen molar-refractivity contribution in [2.45, 2.75) is 65.5 Å². The standard InChI is InChI=1S/C31H31F3N2O6/c1-29(2)12-18-27(21(37)14-29)26(28-19(35-18)13-30(3,4)15-22(28)38)16-6-8-24(25(10-16)41-5)42-23-9-7-17(31(32,33)34)11-20(23)36(39)40/h6-11,26,35H,12-15H2,1-5H3. The molecule has 0 atom stereocenters. The number of hydrogen-bond donors (Lipinski definition) is 1. The fourth-order valence-corrected chi connectivity index (χ4v) is 6.21. The second-order valence-electron chi connectivity index (χ2n) is 12.7. The number of ether oxygens (including phenoxy) is 2. The molecule has 2 aromatic carbocycles. The maximum atomic E-state index is 13.6. The Kier molecular flexibility index (Phi) is 6.98. The number of hydrogen-bond acceptors (Lipinski definition) is 7. The molecular weight excluding hydrogens is 553 g/mol. The Morgan fingerprint density at radius 2 is 1.40 bits per heavy atom. The van der Waals surface area contributed by atoms with Gasteiger partial charge in [-0.05, 0) is 53.5 Å². The number of nitrogens with one attached hydrogen (secondary N) is 1. The van der Waals surface area contributed by atoms with Gasteiger partial charge in [0.25, 0.3) is 0 Å². The first-order valence-corrected chi connectivity index (χ1v) is 13.5. The summed E-state index contributed by atoms with van der Waals surface area (Å²) >= 11 is 0. The summed E-state index contributed by atoms with van der Waals surface area (Å²) < 4.78 is 50.7. The Hall–Kier alpha value is -4.15. The molecule has 42 heavy (non-hydrogen) atoms. The Bertz CT molecular complexity index is 1530. The predicted octanol–water partition coefficient (Wildman–Crippen LogP) is 7.39. The normalized spacial score (nSPS) is 20.1. The zero-order chi connectivity index (χ0) is 30.8. The van der Waals surface area contributed by atoms with Crippen molar-refractivity contribution in [2.75, 3.05) is 7.11 Å². The van der Waals surface area contributed by atoms with Crippen LogP contribution >= 0.6 is 0 Å². The van der Waals surface area contributed by atoms with Gasteiger partial charge in [-0.3, -0.25) is 19.7 Å². The molecule has 1 N–H and O–H groups in total. The summed E-state index contributed by atoms with van der Waals surface area (Å²) in [6.07, 6.45) is -2.86. The number of alkyl halides is 3. The average molecular weight is 585 g/mol. The van der Waals surface area contributed by atoms with Crippen molar-refractivity contribution in [1.29, 1.82) is 0 Å². The first kappa shape index (κ1) is 29.3. The first-order valence-electron chi connectivity index (χ1n) is 13.5. The number of dihydropyridines is 1. The number of ketones is 2. The van der Waals surface area contributed by atoms with Crippen molar-refractivity contribution in [1.82, 2.24) is 5.32 Å². The van der Waals surface area contributed by atoms with Gasteiger partial charge in [0.2, 0.25) is 5.75 Å². The fourth-order valence-electron chi connectivity index (χ4n) is 6.21. The zero-order valence-corrected chi connectivity index (χ0v) is 23.9. The van der Waals surface area contributed by atoms with Gasteiger partial charge in [-0.1, -0.05) is 33.8 Å².